The van der Waals surface area contributed by atoms with E-state index in [0.29, 0.717) is 50.9 Å². The minimum Gasteiger partial charge on any atom is -0.308 e. The number of aryl methyl sites for hydroxylation is 2. The van der Waals surface area contributed by atoms with Crippen LogP contribution in [0.1, 0.15) is 43.0 Å². The highest BCUT2D eigenvalue weighted by molar-refractivity contribution is 6.36. The van der Waals surface area contributed by atoms with Crippen LogP contribution in [-0.2, 0) is 12.4 Å². The number of rotatable bonds is 6. The number of benzene rings is 8. The molecule has 0 unspecified atom stereocenters. The molecule has 0 saturated heterocycles. The van der Waals surface area contributed by atoms with Crippen molar-refractivity contribution in [3.8, 4) is 50.2 Å². The van der Waals surface area contributed by atoms with Gasteiger partial charge in [-0.2, -0.15) is 26.3 Å². The van der Waals surface area contributed by atoms with Crippen LogP contribution < -0.4 is 4.90 Å². The molecule has 9 aromatic rings. The number of imide groups is 1. The number of halogens is 6. The number of nitrogens with zero attached hydrogens (tertiary/aromatic N) is 2. The largest absolute Gasteiger partial charge is 0.416 e. The maximum atomic E-state index is 15.2. The number of alkyl halides is 6. The Balaban J connectivity index is 1.22. The van der Waals surface area contributed by atoms with Crippen molar-refractivity contribution in [3.63, 3.8) is 0 Å². The molecule has 1 aliphatic rings. The standard InChI is InChI=1S/C54H34F6N2O2/c1-31-22-32(2)24-38(23-31)36-17-20-43-44-21-18-37(39-25-40(53(55,56)57)30-41(26-39)54(58,59)60)29-49(44)61(48(43)28-36)46-15-9-14-45-50(46)52(64)62(51(45)63)47-27-35(33-10-5-3-6-11-33)16-19-42(47)34-12-7-4-8-13-34/h3-30H,1-2H3. The van der Waals surface area contributed by atoms with Crippen molar-refractivity contribution >= 4 is 39.3 Å². The van der Waals surface area contributed by atoms with Crippen molar-refractivity contribution < 1.29 is 35.9 Å². The third kappa shape index (κ3) is 6.91. The van der Waals surface area contributed by atoms with E-state index in [1.54, 1.807) is 28.8 Å². The highest BCUT2D eigenvalue weighted by atomic mass is 19.4. The molecule has 314 valence electrons. The molecular formula is C54H34F6N2O2. The van der Waals surface area contributed by atoms with Gasteiger partial charge in [0.05, 0.1) is 44.7 Å². The highest BCUT2D eigenvalue weighted by Crippen LogP contribution is 2.44. The molecule has 8 aromatic carbocycles. The Morgan fingerprint density at radius 2 is 0.906 bits per heavy atom. The summed E-state index contributed by atoms with van der Waals surface area (Å²) >= 11 is 0. The van der Waals surface area contributed by atoms with Crippen LogP contribution in [0.4, 0.5) is 32.0 Å². The Morgan fingerprint density at radius 1 is 0.391 bits per heavy atom. The van der Waals surface area contributed by atoms with Crippen LogP contribution in [0.5, 0.6) is 0 Å². The van der Waals surface area contributed by atoms with E-state index in [1.807, 2.05) is 123 Å². The van der Waals surface area contributed by atoms with Gasteiger partial charge in [0.25, 0.3) is 11.8 Å². The molecule has 4 nitrogen and oxygen atoms in total. The van der Waals surface area contributed by atoms with E-state index in [-0.39, 0.29) is 28.3 Å². The number of hydrogen-bond acceptors (Lipinski definition) is 2. The smallest absolute Gasteiger partial charge is 0.308 e. The van der Waals surface area contributed by atoms with Gasteiger partial charge < -0.3 is 4.57 Å². The summed E-state index contributed by atoms with van der Waals surface area (Å²) in [6, 6.07) is 47.8. The summed E-state index contributed by atoms with van der Waals surface area (Å²) in [6.07, 6.45) is -10.1. The fourth-order valence-corrected chi connectivity index (χ4v) is 8.96. The van der Waals surface area contributed by atoms with Crippen molar-refractivity contribution in [2.24, 2.45) is 0 Å². The van der Waals surface area contributed by atoms with E-state index in [4.69, 9.17) is 0 Å². The minimum absolute atomic E-state index is 0.0875. The zero-order valence-electron chi connectivity index (χ0n) is 34.1. The van der Waals surface area contributed by atoms with Gasteiger partial charge in [0, 0.05) is 16.3 Å². The molecule has 0 radical (unpaired) electrons. The maximum Gasteiger partial charge on any atom is 0.416 e. The molecule has 2 heterocycles. The molecule has 0 atom stereocenters. The van der Waals surface area contributed by atoms with Crippen molar-refractivity contribution in [2.75, 3.05) is 4.90 Å². The van der Waals surface area contributed by atoms with E-state index >= 15 is 4.79 Å². The summed E-state index contributed by atoms with van der Waals surface area (Å²) in [4.78, 5) is 31.2. The normalized spacial score (nSPS) is 13.0. The first-order chi connectivity index (χ1) is 30.6. The molecule has 2 amide bonds. The summed E-state index contributed by atoms with van der Waals surface area (Å²) in [6.45, 7) is 3.98. The first-order valence-corrected chi connectivity index (χ1v) is 20.4. The number of amides is 2. The molecular weight excluding hydrogens is 823 g/mol. The van der Waals surface area contributed by atoms with E-state index in [1.165, 1.54) is 17.0 Å². The van der Waals surface area contributed by atoms with E-state index in [2.05, 4.69) is 6.07 Å². The predicted octanol–water partition coefficient (Wildman–Crippen LogP) is 14.9. The first-order valence-electron chi connectivity index (χ1n) is 20.4. The number of anilines is 1. The summed E-state index contributed by atoms with van der Waals surface area (Å²) < 4.78 is 86.4. The van der Waals surface area contributed by atoms with Crippen LogP contribution in [0.15, 0.2) is 170 Å². The molecule has 1 aromatic heterocycles. The lowest BCUT2D eigenvalue weighted by Crippen LogP contribution is -2.30. The van der Waals surface area contributed by atoms with E-state index in [9.17, 15) is 31.1 Å². The molecule has 64 heavy (non-hydrogen) atoms. The minimum atomic E-state index is -5.05. The molecule has 0 aliphatic carbocycles. The van der Waals surface area contributed by atoms with Gasteiger partial charge in [0.1, 0.15) is 0 Å². The second kappa shape index (κ2) is 15.0. The summed E-state index contributed by atoms with van der Waals surface area (Å²) in [7, 11) is 0. The molecule has 1 aliphatic heterocycles. The lowest BCUT2D eigenvalue weighted by molar-refractivity contribution is -0.143. The predicted molar refractivity (Wildman–Crippen MR) is 240 cm³/mol. The van der Waals surface area contributed by atoms with Gasteiger partial charge in [-0.1, -0.05) is 132 Å². The highest BCUT2D eigenvalue weighted by Gasteiger charge is 2.41. The zero-order chi connectivity index (χ0) is 44.7. The van der Waals surface area contributed by atoms with E-state index < -0.39 is 35.3 Å². The maximum absolute atomic E-state index is 15.2. The number of carbonyl (C=O) groups is 2. The first kappa shape index (κ1) is 40.4. The molecule has 10 heteroatoms. The topological polar surface area (TPSA) is 42.3 Å². The van der Waals surface area contributed by atoms with Crippen molar-refractivity contribution in [1.82, 2.24) is 4.57 Å². The monoisotopic (exact) mass is 856 g/mol. The van der Waals surface area contributed by atoms with Gasteiger partial charge in [-0.25, -0.2) is 4.90 Å². The van der Waals surface area contributed by atoms with Crippen molar-refractivity contribution in [1.29, 1.82) is 0 Å². The number of carbonyl (C=O) groups excluding carboxylic acids is 2. The molecule has 0 saturated carbocycles. The Morgan fingerprint density at radius 3 is 1.47 bits per heavy atom. The van der Waals surface area contributed by atoms with Crippen LogP contribution in [0.3, 0.4) is 0 Å². The lowest BCUT2D eigenvalue weighted by Gasteiger charge is -2.20. The van der Waals surface area contributed by atoms with Gasteiger partial charge in [0.15, 0.2) is 0 Å². The third-order valence-corrected chi connectivity index (χ3v) is 11.8. The Kier molecular flexibility index (Phi) is 9.44. The van der Waals surface area contributed by atoms with Gasteiger partial charge in [0.2, 0.25) is 0 Å². The van der Waals surface area contributed by atoms with Gasteiger partial charge in [-0.05, 0) is 101 Å². The van der Waals surface area contributed by atoms with Gasteiger partial charge in [-0.3, -0.25) is 9.59 Å². The average molecular weight is 857 g/mol. The fourth-order valence-electron chi connectivity index (χ4n) is 8.96. The Hall–Kier alpha value is -7.72. The zero-order valence-corrected chi connectivity index (χ0v) is 34.1. The molecule has 0 bridgehead atoms. The molecule has 10 rings (SSSR count). The average Bonchev–Trinajstić information content (AvgIpc) is 3.74. The quantitative estimate of drug-likeness (QED) is 0.123. The summed E-state index contributed by atoms with van der Waals surface area (Å²) in [5.41, 5.74) is 5.76. The van der Waals surface area contributed by atoms with Gasteiger partial charge in [-0.15, -0.1) is 0 Å². The molecule has 0 N–H and O–H groups in total. The second-order valence-corrected chi connectivity index (χ2v) is 16.1. The van der Waals surface area contributed by atoms with Crippen LogP contribution in [0, 0.1) is 13.8 Å². The Labute approximate surface area is 363 Å². The fraction of sp³-hybridized carbons (Fsp3) is 0.0741. The van der Waals surface area contributed by atoms with Crippen molar-refractivity contribution in [3.05, 3.63) is 203 Å². The van der Waals surface area contributed by atoms with Crippen molar-refractivity contribution in [2.45, 2.75) is 26.2 Å². The van der Waals surface area contributed by atoms with Crippen LogP contribution >= 0.6 is 0 Å². The Bertz CT molecular complexity index is 3320. The van der Waals surface area contributed by atoms with Crippen LogP contribution in [-0.4, -0.2) is 16.4 Å². The number of fused-ring (bicyclic) bond motifs is 4. The molecule has 0 fully saturated rings. The number of hydrogen-bond donors (Lipinski definition) is 0. The van der Waals surface area contributed by atoms with Crippen LogP contribution in [0.2, 0.25) is 0 Å². The third-order valence-electron chi connectivity index (χ3n) is 11.8. The van der Waals surface area contributed by atoms with E-state index in [0.717, 1.165) is 38.9 Å². The second-order valence-electron chi connectivity index (χ2n) is 16.1. The molecule has 0 spiro atoms. The lowest BCUT2D eigenvalue weighted by atomic mass is 9.97. The summed E-state index contributed by atoms with van der Waals surface area (Å²) in [5.74, 6) is -1.15. The van der Waals surface area contributed by atoms with Crippen LogP contribution in [0.25, 0.3) is 72.0 Å². The van der Waals surface area contributed by atoms with Gasteiger partial charge >= 0.3 is 12.4 Å². The SMILES string of the molecule is Cc1cc(C)cc(-c2ccc3c4ccc(-c5cc(C(F)(F)F)cc(C(F)(F)F)c5)cc4n(-c4cccc5c4C(=O)N(c4cc(-c6ccccc6)ccc4-c4ccccc4)C5=O)c3c2)c1. The summed E-state index contributed by atoms with van der Waals surface area (Å²) in [5, 5.41) is 1.34. The number of aromatic nitrogens is 1.